The Bertz CT molecular complexity index is 4530. The van der Waals surface area contributed by atoms with E-state index in [4.69, 9.17) is 0 Å². The minimum absolute atomic E-state index is 0.00146. The molecule has 0 aliphatic carbocycles. The van der Waals surface area contributed by atoms with E-state index in [1.54, 1.807) is 0 Å². The summed E-state index contributed by atoms with van der Waals surface area (Å²) in [5.41, 5.74) is 29.5. The van der Waals surface area contributed by atoms with Crippen molar-refractivity contribution < 1.29 is 0 Å². The number of para-hydroxylation sites is 6. The van der Waals surface area contributed by atoms with E-state index in [0.29, 0.717) is 11.8 Å². The topological polar surface area (TPSA) is 13.0 Å². The summed E-state index contributed by atoms with van der Waals surface area (Å²) >= 11 is 1.92. The zero-order valence-corrected chi connectivity index (χ0v) is 45.9. The minimum Gasteiger partial charge on any atom is -0.312 e. The summed E-state index contributed by atoms with van der Waals surface area (Å²) in [6, 6.07) is 90.4. The van der Waals surface area contributed by atoms with Crippen LogP contribution in [0.5, 0.6) is 0 Å². The van der Waals surface area contributed by atoms with Crippen LogP contribution in [0.3, 0.4) is 0 Å². The second kappa shape index (κ2) is 17.3. The van der Waals surface area contributed by atoms with Gasteiger partial charge in [0.25, 0.3) is 13.4 Å². The van der Waals surface area contributed by atoms with Gasteiger partial charge in [0.1, 0.15) is 0 Å². The lowest BCUT2D eigenvalue weighted by Gasteiger charge is -2.51. The van der Waals surface area contributed by atoms with Crippen molar-refractivity contribution in [2.45, 2.75) is 39.5 Å². The van der Waals surface area contributed by atoms with Crippen molar-refractivity contribution in [2.24, 2.45) is 0 Å². The molecule has 0 bridgehead atoms. The Balaban J connectivity index is 1.06. The first kappa shape index (κ1) is 46.0. The third kappa shape index (κ3) is 6.31. The molecule has 8 heteroatoms. The second-order valence-corrected chi connectivity index (χ2v) is 24.1. The van der Waals surface area contributed by atoms with E-state index in [1.807, 2.05) is 11.3 Å². The molecular formula is C72H53B3N4S. The molecule has 80 heavy (non-hydrogen) atoms. The molecule has 376 valence electrons. The highest BCUT2D eigenvalue weighted by Gasteiger charge is 2.53. The fourth-order valence-corrected chi connectivity index (χ4v) is 16.1. The third-order valence-corrected chi connectivity index (χ3v) is 19.3. The maximum absolute atomic E-state index is 2.70. The van der Waals surface area contributed by atoms with Crippen LogP contribution in [0.15, 0.2) is 237 Å². The summed E-state index contributed by atoms with van der Waals surface area (Å²) in [4.78, 5) is 10.5. The normalized spacial score (nSPS) is 14.1. The van der Waals surface area contributed by atoms with Gasteiger partial charge in [-0.2, -0.15) is 0 Å². The average Bonchev–Trinajstić information content (AvgIpc) is 3.98. The Hall–Kier alpha value is -8.97. The molecule has 1 aromatic heterocycles. The predicted octanol–water partition coefficient (Wildman–Crippen LogP) is 13.3. The van der Waals surface area contributed by atoms with Gasteiger partial charge in [0.05, 0.1) is 0 Å². The summed E-state index contributed by atoms with van der Waals surface area (Å²) in [5.74, 6) is 0.638. The van der Waals surface area contributed by atoms with Crippen LogP contribution < -0.4 is 68.8 Å². The van der Waals surface area contributed by atoms with Crippen LogP contribution in [-0.4, -0.2) is 20.1 Å². The number of benzene rings is 11. The van der Waals surface area contributed by atoms with Gasteiger partial charge in [-0.05, 0) is 151 Å². The number of hydrogen-bond donors (Lipinski definition) is 0. The Labute approximate surface area is 473 Å². The molecule has 11 aromatic carbocycles. The lowest BCUT2D eigenvalue weighted by molar-refractivity contribution is 0.845. The van der Waals surface area contributed by atoms with Crippen molar-refractivity contribution in [1.29, 1.82) is 0 Å². The van der Waals surface area contributed by atoms with Crippen molar-refractivity contribution in [1.82, 2.24) is 0 Å². The number of anilines is 12. The summed E-state index contributed by atoms with van der Waals surface area (Å²) in [7, 11) is 0. The van der Waals surface area contributed by atoms with E-state index < -0.39 is 0 Å². The van der Waals surface area contributed by atoms with Gasteiger partial charge in [-0.25, -0.2) is 0 Å². The fraction of sp³-hybridized carbons (Fsp3) is 0.0833. The molecule has 0 amide bonds. The monoisotopic (exact) mass is 1040 g/mol. The SMILES string of the molecule is CC(C)c1cccc(C(C)C)c1B1c2ccccc2N(c2ccccc2)c2cc3c(cc21)B1c2cc4c(cc2N2c5ccccc5B5c6ccccc6N(c6ccccc6)c6cc(c1c2c65)N3c1ccccc1)sc1ccccc14. The first-order valence-corrected chi connectivity index (χ1v) is 29.3. The van der Waals surface area contributed by atoms with E-state index in [-0.39, 0.29) is 20.1 Å². The molecule has 0 unspecified atom stereocenters. The molecule has 5 aliphatic heterocycles. The predicted molar refractivity (Wildman–Crippen MR) is 347 cm³/mol. The molecular weight excluding hydrogens is 985 g/mol. The van der Waals surface area contributed by atoms with Crippen molar-refractivity contribution in [2.75, 3.05) is 19.6 Å². The Kier molecular flexibility index (Phi) is 9.93. The van der Waals surface area contributed by atoms with Gasteiger partial charge in [0, 0.05) is 83.0 Å². The van der Waals surface area contributed by atoms with Crippen molar-refractivity contribution >= 4 is 169 Å². The van der Waals surface area contributed by atoms with E-state index in [9.17, 15) is 0 Å². The maximum Gasteiger partial charge on any atom is 0.252 e. The van der Waals surface area contributed by atoms with Crippen molar-refractivity contribution in [3.63, 3.8) is 0 Å². The highest BCUT2D eigenvalue weighted by Crippen LogP contribution is 2.52. The van der Waals surface area contributed by atoms with E-state index in [2.05, 4.69) is 284 Å². The first-order valence-electron chi connectivity index (χ1n) is 28.5. The van der Waals surface area contributed by atoms with Crippen LogP contribution in [0.1, 0.15) is 50.7 Å². The van der Waals surface area contributed by atoms with Gasteiger partial charge in [-0.1, -0.05) is 191 Å². The highest BCUT2D eigenvalue weighted by atomic mass is 32.1. The summed E-state index contributed by atoms with van der Waals surface area (Å²) in [6.45, 7) is 9.36. The van der Waals surface area contributed by atoms with Gasteiger partial charge >= 0.3 is 0 Å². The Morgan fingerprint density at radius 1 is 0.287 bits per heavy atom. The van der Waals surface area contributed by atoms with Crippen LogP contribution in [0.2, 0.25) is 0 Å². The Morgan fingerprint density at radius 2 is 0.688 bits per heavy atom. The molecule has 0 spiro atoms. The number of nitrogens with zero attached hydrogens (tertiary/aromatic N) is 4. The van der Waals surface area contributed by atoms with Crippen molar-refractivity contribution in [3.05, 3.63) is 248 Å². The summed E-state index contributed by atoms with van der Waals surface area (Å²) in [6.07, 6.45) is 0. The molecule has 0 saturated carbocycles. The second-order valence-electron chi connectivity index (χ2n) is 23.0. The number of rotatable bonds is 6. The molecule has 17 rings (SSSR count). The number of fused-ring (bicyclic) bond motifs is 15. The number of hydrogen-bond acceptors (Lipinski definition) is 5. The average molecular weight is 1040 g/mol. The van der Waals surface area contributed by atoms with Gasteiger partial charge < -0.3 is 19.6 Å². The lowest BCUT2D eigenvalue weighted by atomic mass is 9.28. The zero-order chi connectivity index (χ0) is 53.1. The van der Waals surface area contributed by atoms with Crippen LogP contribution in [0.4, 0.5) is 68.2 Å². The molecule has 0 atom stereocenters. The van der Waals surface area contributed by atoms with Crippen molar-refractivity contribution in [3.8, 4) is 0 Å². The highest BCUT2D eigenvalue weighted by molar-refractivity contribution is 7.26. The number of thiophene rings is 1. The minimum atomic E-state index is -0.124. The third-order valence-electron chi connectivity index (χ3n) is 18.2. The van der Waals surface area contributed by atoms with Gasteiger partial charge in [-0.3, -0.25) is 0 Å². The molecule has 12 aromatic rings. The van der Waals surface area contributed by atoms with Crippen LogP contribution in [0, 0.1) is 0 Å². The molecule has 0 radical (unpaired) electrons. The molecule has 0 saturated heterocycles. The van der Waals surface area contributed by atoms with E-state index in [0.717, 1.165) is 17.1 Å². The quantitative estimate of drug-likeness (QED) is 0.154. The van der Waals surface area contributed by atoms with E-state index in [1.165, 1.54) is 132 Å². The molecule has 6 heterocycles. The first-order chi connectivity index (χ1) is 39.4. The molecule has 0 fully saturated rings. The molecule has 4 nitrogen and oxygen atoms in total. The molecule has 5 aliphatic rings. The van der Waals surface area contributed by atoms with E-state index >= 15 is 0 Å². The van der Waals surface area contributed by atoms with Crippen LogP contribution >= 0.6 is 11.3 Å². The lowest BCUT2D eigenvalue weighted by Crippen LogP contribution is -2.69. The zero-order valence-electron chi connectivity index (χ0n) is 45.1. The fourth-order valence-electron chi connectivity index (χ4n) is 15.0. The van der Waals surface area contributed by atoms with Crippen LogP contribution in [-0.2, 0) is 0 Å². The van der Waals surface area contributed by atoms with Crippen LogP contribution in [0.25, 0.3) is 20.2 Å². The Morgan fingerprint density at radius 3 is 1.23 bits per heavy atom. The standard InChI is InChI=1S/C72H53B3N4S/c1-44(2)49-30-22-31-50(45(3)4)69(49)74-54-33-16-18-35-59(54)76(46-23-8-5-9-24-46)62-41-63-58(40-57(62)74)75-56-39-52-51-29-14-21-38-67(51)80-68(52)43-64(56)79-61-37-20-17-34-55(61)73-53-32-15-19-36-60(53)77(47-25-10-6-11-26-47)65-42-66(71(75)72(79)70(65)73)78(63)48-27-12-7-13-28-48/h5-45H,1-4H3. The van der Waals surface area contributed by atoms with Gasteiger partial charge in [0.15, 0.2) is 0 Å². The maximum atomic E-state index is 2.70. The largest absolute Gasteiger partial charge is 0.312 e. The summed E-state index contributed by atoms with van der Waals surface area (Å²) < 4.78 is 2.62. The smallest absolute Gasteiger partial charge is 0.252 e. The van der Waals surface area contributed by atoms with Gasteiger partial charge in [0.2, 0.25) is 6.71 Å². The molecule has 0 N–H and O–H groups in total. The summed E-state index contributed by atoms with van der Waals surface area (Å²) in [5, 5.41) is 2.63. The van der Waals surface area contributed by atoms with Gasteiger partial charge in [-0.15, -0.1) is 11.3 Å².